The van der Waals surface area contributed by atoms with E-state index in [-0.39, 0.29) is 10.7 Å². The van der Waals surface area contributed by atoms with Crippen LogP contribution in [-0.4, -0.2) is 55.2 Å². The van der Waals surface area contributed by atoms with Crippen molar-refractivity contribution >= 4 is 23.6 Å². The quantitative estimate of drug-likeness (QED) is 0.586. The van der Waals surface area contributed by atoms with Crippen molar-refractivity contribution < 1.29 is 27.4 Å². The zero-order valence-corrected chi connectivity index (χ0v) is 13.0. The van der Waals surface area contributed by atoms with Gasteiger partial charge in [0.05, 0.1) is 12.0 Å². The molecule has 0 saturated carbocycles. The third-order valence-electron chi connectivity index (χ3n) is 2.87. The lowest BCUT2D eigenvalue weighted by molar-refractivity contribution is -0.225. The van der Waals surface area contributed by atoms with Crippen molar-refractivity contribution in [1.29, 1.82) is 0 Å². The summed E-state index contributed by atoms with van der Waals surface area (Å²) in [5.41, 5.74) is 0. The SMILES string of the molecule is CCN(CC)C1=N[C@@](OC)(C(F)(F)F)S/C1=C\C(=O)OC. The van der Waals surface area contributed by atoms with E-state index in [4.69, 9.17) is 0 Å². The van der Waals surface area contributed by atoms with Crippen molar-refractivity contribution in [2.75, 3.05) is 27.3 Å². The van der Waals surface area contributed by atoms with Crippen LogP contribution >= 0.6 is 11.8 Å². The summed E-state index contributed by atoms with van der Waals surface area (Å²) in [5, 5.41) is -2.73. The first-order valence-electron chi connectivity index (χ1n) is 6.20. The average Bonchev–Trinajstić information content (AvgIpc) is 2.80. The molecule has 0 amide bonds. The Hall–Kier alpha value is -1.22. The van der Waals surface area contributed by atoms with Crippen molar-refractivity contribution in [3.63, 3.8) is 0 Å². The van der Waals surface area contributed by atoms with E-state index in [1.54, 1.807) is 18.7 Å². The molecule has 0 saturated heterocycles. The monoisotopic (exact) mass is 326 g/mol. The molecular formula is C12H17F3N2O3S. The van der Waals surface area contributed by atoms with Gasteiger partial charge in [0.25, 0.3) is 0 Å². The van der Waals surface area contributed by atoms with Gasteiger partial charge in [0, 0.05) is 26.3 Å². The zero-order chi connectivity index (χ0) is 16.3. The van der Waals surface area contributed by atoms with Gasteiger partial charge >= 0.3 is 17.2 Å². The molecule has 120 valence electrons. The molecule has 5 nitrogen and oxygen atoms in total. The lowest BCUT2D eigenvalue weighted by Crippen LogP contribution is -2.41. The fourth-order valence-corrected chi connectivity index (χ4v) is 2.80. The highest BCUT2D eigenvalue weighted by Gasteiger charge is 2.61. The molecule has 0 aromatic heterocycles. The number of amidine groups is 1. The second kappa shape index (κ2) is 6.69. The van der Waals surface area contributed by atoms with Gasteiger partial charge in [0.1, 0.15) is 5.84 Å². The number of likely N-dealkylation sites (N-methyl/N-ethyl adjacent to an activating group) is 1. The Kier molecular flexibility index (Phi) is 5.68. The number of methoxy groups -OCH3 is 2. The fourth-order valence-electron chi connectivity index (χ4n) is 1.75. The first-order chi connectivity index (χ1) is 9.74. The summed E-state index contributed by atoms with van der Waals surface area (Å²) in [4.78, 5) is 16.7. The van der Waals surface area contributed by atoms with Gasteiger partial charge in [0.2, 0.25) is 0 Å². The summed E-state index contributed by atoms with van der Waals surface area (Å²) in [5.74, 6) is -0.666. The van der Waals surface area contributed by atoms with Gasteiger partial charge in [-0.3, -0.25) is 0 Å². The molecular weight excluding hydrogens is 309 g/mol. The third kappa shape index (κ3) is 3.52. The highest BCUT2D eigenvalue weighted by Crippen LogP contribution is 2.51. The van der Waals surface area contributed by atoms with Crippen molar-refractivity contribution in [2.45, 2.75) is 25.1 Å². The number of halogens is 3. The van der Waals surface area contributed by atoms with E-state index in [1.807, 2.05) is 0 Å². The highest BCUT2D eigenvalue weighted by atomic mass is 32.2. The van der Waals surface area contributed by atoms with Gasteiger partial charge in [-0.05, 0) is 13.8 Å². The van der Waals surface area contributed by atoms with Crippen LogP contribution in [0.5, 0.6) is 0 Å². The van der Waals surface area contributed by atoms with Crippen LogP contribution in [-0.2, 0) is 14.3 Å². The Morgan fingerprint density at radius 3 is 2.33 bits per heavy atom. The molecule has 1 aliphatic rings. The summed E-state index contributed by atoms with van der Waals surface area (Å²) < 4.78 is 48.8. The third-order valence-corrected chi connectivity index (χ3v) is 4.16. The Morgan fingerprint density at radius 1 is 1.38 bits per heavy atom. The predicted octanol–water partition coefficient (Wildman–Crippen LogP) is 2.39. The van der Waals surface area contributed by atoms with E-state index >= 15 is 0 Å². The number of esters is 1. The minimum atomic E-state index is -4.71. The van der Waals surface area contributed by atoms with Crippen LogP contribution in [0.1, 0.15) is 13.8 Å². The number of carbonyl (C=O) groups excluding carboxylic acids is 1. The topological polar surface area (TPSA) is 51.1 Å². The second-order valence-corrected chi connectivity index (χ2v) is 5.22. The lowest BCUT2D eigenvalue weighted by atomic mass is 10.3. The minimum absolute atomic E-state index is 0.0738. The molecule has 21 heavy (non-hydrogen) atoms. The van der Waals surface area contributed by atoms with Gasteiger partial charge in [-0.15, -0.1) is 0 Å². The Balaban J connectivity index is 3.33. The molecule has 0 unspecified atom stereocenters. The van der Waals surface area contributed by atoms with Crippen molar-refractivity contribution in [2.24, 2.45) is 4.99 Å². The molecule has 9 heteroatoms. The summed E-state index contributed by atoms with van der Waals surface area (Å²) in [6.45, 7) is 4.47. The zero-order valence-electron chi connectivity index (χ0n) is 12.2. The molecule has 1 heterocycles. The Labute approximate surface area is 125 Å². The van der Waals surface area contributed by atoms with Gasteiger partial charge in [0.15, 0.2) is 0 Å². The second-order valence-electron chi connectivity index (χ2n) is 4.03. The highest BCUT2D eigenvalue weighted by molar-refractivity contribution is 8.05. The van der Waals surface area contributed by atoms with E-state index in [0.29, 0.717) is 24.9 Å². The van der Waals surface area contributed by atoms with E-state index in [2.05, 4.69) is 14.5 Å². The molecule has 0 fully saturated rings. The molecule has 0 aromatic carbocycles. The van der Waals surface area contributed by atoms with Crippen LogP contribution in [0.4, 0.5) is 13.2 Å². The standard InChI is InChI=1S/C12H17F3N2O3S/c1-5-17(6-2)10-8(7-9(18)19-3)21-12(16-10,20-4)11(13,14)15/h7H,5-6H2,1-4H3/b8-7-/t12-/m1/s1. The van der Waals surface area contributed by atoms with E-state index in [1.165, 1.54) is 0 Å². The molecule has 0 N–H and O–H groups in total. The Bertz CT molecular complexity index is 461. The van der Waals surface area contributed by atoms with Crippen LogP contribution in [0, 0.1) is 0 Å². The van der Waals surface area contributed by atoms with Gasteiger partial charge in [-0.1, -0.05) is 11.8 Å². The number of hydrogen-bond donors (Lipinski definition) is 0. The van der Waals surface area contributed by atoms with Crippen LogP contribution in [0.15, 0.2) is 16.0 Å². The van der Waals surface area contributed by atoms with E-state index < -0.39 is 17.2 Å². The fraction of sp³-hybridized carbons (Fsp3) is 0.667. The van der Waals surface area contributed by atoms with Gasteiger partial charge in [-0.2, -0.15) is 13.2 Å². The van der Waals surface area contributed by atoms with Crippen molar-refractivity contribution in [3.05, 3.63) is 11.0 Å². The number of hydrogen-bond acceptors (Lipinski definition) is 6. The largest absolute Gasteiger partial charge is 0.466 e. The summed E-state index contributed by atoms with van der Waals surface area (Å²) >= 11 is 0.344. The minimum Gasteiger partial charge on any atom is -0.466 e. The van der Waals surface area contributed by atoms with E-state index in [0.717, 1.165) is 20.3 Å². The number of thioether (sulfide) groups is 1. The molecule has 1 atom stereocenters. The van der Waals surface area contributed by atoms with E-state index in [9.17, 15) is 18.0 Å². The molecule has 0 bridgehead atoms. The number of carbonyl (C=O) groups is 1. The van der Waals surface area contributed by atoms with Gasteiger partial charge < -0.3 is 14.4 Å². The molecule has 0 radical (unpaired) electrons. The number of rotatable bonds is 4. The van der Waals surface area contributed by atoms with Crippen LogP contribution in [0.2, 0.25) is 0 Å². The number of alkyl halides is 3. The predicted molar refractivity (Wildman–Crippen MR) is 73.8 cm³/mol. The molecule has 0 spiro atoms. The van der Waals surface area contributed by atoms with Crippen LogP contribution in [0.3, 0.4) is 0 Å². The summed E-state index contributed by atoms with van der Waals surface area (Å²) in [6, 6.07) is 0. The summed E-state index contributed by atoms with van der Waals surface area (Å²) in [6.07, 6.45) is -3.72. The number of nitrogens with zero attached hydrogens (tertiary/aromatic N) is 2. The number of aliphatic imine (C=N–C) groups is 1. The first kappa shape index (κ1) is 17.8. The first-order valence-corrected chi connectivity index (χ1v) is 7.02. The smallest absolute Gasteiger partial charge is 0.449 e. The maximum Gasteiger partial charge on any atom is 0.449 e. The maximum atomic E-state index is 13.2. The average molecular weight is 326 g/mol. The van der Waals surface area contributed by atoms with Crippen molar-refractivity contribution in [3.8, 4) is 0 Å². The maximum absolute atomic E-state index is 13.2. The molecule has 0 aliphatic carbocycles. The van der Waals surface area contributed by atoms with Gasteiger partial charge in [-0.25, -0.2) is 9.79 Å². The normalized spacial score (nSPS) is 24.1. The molecule has 1 rings (SSSR count). The molecule has 0 aromatic rings. The Morgan fingerprint density at radius 2 is 1.95 bits per heavy atom. The van der Waals surface area contributed by atoms with Crippen LogP contribution < -0.4 is 0 Å². The summed E-state index contributed by atoms with van der Waals surface area (Å²) in [7, 11) is 2.09. The van der Waals surface area contributed by atoms with Crippen LogP contribution in [0.25, 0.3) is 0 Å². The van der Waals surface area contributed by atoms with Crippen molar-refractivity contribution in [1.82, 2.24) is 4.90 Å². The number of ether oxygens (including phenoxy) is 2. The molecule has 1 aliphatic heterocycles. The lowest BCUT2D eigenvalue weighted by Gasteiger charge is -2.25.